The average Bonchev–Trinajstić information content (AvgIpc) is 2.94. The van der Waals surface area contributed by atoms with E-state index in [0.717, 1.165) is 54.9 Å². The van der Waals surface area contributed by atoms with Gasteiger partial charge < -0.3 is 19.5 Å². The molecule has 38 heavy (non-hydrogen) atoms. The quantitative estimate of drug-likeness (QED) is 0.244. The number of nitrogens with zero attached hydrogens (tertiary/aromatic N) is 2. The van der Waals surface area contributed by atoms with Gasteiger partial charge in [0.05, 0.1) is 19.7 Å². The van der Waals surface area contributed by atoms with Crippen molar-refractivity contribution in [3.8, 4) is 11.5 Å². The van der Waals surface area contributed by atoms with E-state index >= 15 is 4.39 Å². The van der Waals surface area contributed by atoms with E-state index in [0.29, 0.717) is 30.1 Å². The van der Waals surface area contributed by atoms with Crippen LogP contribution in [0.2, 0.25) is 0 Å². The summed E-state index contributed by atoms with van der Waals surface area (Å²) in [5.41, 5.74) is 1.40. The molecule has 1 saturated heterocycles. The van der Waals surface area contributed by atoms with Crippen LogP contribution in [0.4, 0.5) is 4.39 Å². The molecule has 2 aromatic carbocycles. The number of aromatic nitrogens is 1. The largest absolute Gasteiger partial charge is 0.497 e. The normalized spacial score (nSPS) is 18.8. The fraction of sp³-hybridized carbons (Fsp3) is 0.467. The van der Waals surface area contributed by atoms with Gasteiger partial charge in [0.15, 0.2) is 0 Å². The fourth-order valence-electron chi connectivity index (χ4n) is 5.42. The number of alkyl halides is 1. The molecule has 0 saturated carbocycles. The molecule has 3 atom stereocenters. The molecule has 0 amide bonds. The molecule has 1 aliphatic rings. The number of aliphatic carboxylic acids is 1. The van der Waals surface area contributed by atoms with Crippen molar-refractivity contribution in [2.75, 3.05) is 39.6 Å². The van der Waals surface area contributed by atoms with E-state index in [4.69, 9.17) is 9.47 Å². The minimum absolute atomic E-state index is 0.154. The first-order chi connectivity index (χ1) is 18.5. The van der Waals surface area contributed by atoms with E-state index in [2.05, 4.69) is 16.0 Å². The summed E-state index contributed by atoms with van der Waals surface area (Å²) in [6, 6.07) is 15.4. The maximum atomic E-state index is 15.6. The van der Waals surface area contributed by atoms with Gasteiger partial charge in [-0.1, -0.05) is 6.07 Å². The number of pyridine rings is 1. The second kappa shape index (κ2) is 13.8. The van der Waals surface area contributed by atoms with Crippen LogP contribution in [0.1, 0.15) is 43.8 Å². The van der Waals surface area contributed by atoms with Crippen molar-refractivity contribution >= 4 is 28.6 Å². The first kappa shape index (κ1) is 28.2. The van der Waals surface area contributed by atoms with Crippen molar-refractivity contribution in [2.45, 2.75) is 43.2 Å². The van der Waals surface area contributed by atoms with E-state index in [1.54, 1.807) is 38.2 Å². The lowest BCUT2D eigenvalue weighted by atomic mass is 9.79. The zero-order valence-corrected chi connectivity index (χ0v) is 23.0. The van der Waals surface area contributed by atoms with Crippen molar-refractivity contribution in [3.63, 3.8) is 0 Å². The summed E-state index contributed by atoms with van der Waals surface area (Å²) in [5, 5.41) is 10.1. The summed E-state index contributed by atoms with van der Waals surface area (Å²) in [5.74, 6) is 2.30. The number of methoxy groups -OCH3 is 2. The first-order valence-corrected chi connectivity index (χ1v) is 14.2. The van der Waals surface area contributed by atoms with Crippen molar-refractivity contribution in [3.05, 3.63) is 60.3 Å². The molecule has 6 nitrogen and oxygen atoms in total. The Labute approximate surface area is 228 Å². The van der Waals surface area contributed by atoms with Crippen LogP contribution < -0.4 is 9.47 Å². The molecular formula is C30H37FN2O4S. The Balaban J connectivity index is 1.34. The lowest BCUT2D eigenvalue weighted by Crippen LogP contribution is -2.41. The highest BCUT2D eigenvalue weighted by molar-refractivity contribution is 7.99. The van der Waals surface area contributed by atoms with Crippen molar-refractivity contribution in [2.24, 2.45) is 11.8 Å². The monoisotopic (exact) mass is 540 g/mol. The number of likely N-dealkylation sites (tertiary alicyclic amines) is 1. The number of carbonyl (C=O) groups is 1. The summed E-state index contributed by atoms with van der Waals surface area (Å²) >= 11 is 1.80. The summed E-state index contributed by atoms with van der Waals surface area (Å²) in [6.45, 7) is 2.76. The van der Waals surface area contributed by atoms with Gasteiger partial charge in [0.25, 0.3) is 0 Å². The number of carboxylic acids is 1. The zero-order chi connectivity index (χ0) is 26.9. The van der Waals surface area contributed by atoms with E-state index in [9.17, 15) is 9.90 Å². The number of hydrogen-bond donors (Lipinski definition) is 1. The van der Waals surface area contributed by atoms with Gasteiger partial charge in [0.1, 0.15) is 17.7 Å². The number of carboxylic acid groups (broad SMARTS) is 1. The Morgan fingerprint density at radius 3 is 2.74 bits per heavy atom. The number of rotatable bonds is 13. The highest BCUT2D eigenvalue weighted by Crippen LogP contribution is 2.37. The van der Waals surface area contributed by atoms with Crippen LogP contribution in [0.25, 0.3) is 10.9 Å². The predicted molar refractivity (Wildman–Crippen MR) is 150 cm³/mol. The summed E-state index contributed by atoms with van der Waals surface area (Å²) < 4.78 is 26.2. The number of thioether (sulfide) groups is 1. The topological polar surface area (TPSA) is 71.9 Å². The van der Waals surface area contributed by atoms with Crippen molar-refractivity contribution < 1.29 is 23.8 Å². The summed E-state index contributed by atoms with van der Waals surface area (Å²) in [4.78, 5) is 19.3. The Kier molecular flexibility index (Phi) is 10.2. The molecular weight excluding hydrogens is 503 g/mol. The van der Waals surface area contributed by atoms with Gasteiger partial charge in [-0.25, -0.2) is 4.39 Å². The Morgan fingerprint density at radius 2 is 1.95 bits per heavy atom. The minimum Gasteiger partial charge on any atom is -0.497 e. The molecule has 0 radical (unpaired) electrons. The maximum Gasteiger partial charge on any atom is 0.303 e. The van der Waals surface area contributed by atoms with Gasteiger partial charge in [-0.3, -0.25) is 9.78 Å². The summed E-state index contributed by atoms with van der Waals surface area (Å²) in [7, 11) is 3.28. The van der Waals surface area contributed by atoms with E-state index < -0.39 is 12.1 Å². The number of piperidine rings is 1. The number of hydrogen-bond acceptors (Lipinski definition) is 6. The molecule has 8 heteroatoms. The van der Waals surface area contributed by atoms with Gasteiger partial charge in [0, 0.05) is 41.7 Å². The molecule has 1 fully saturated rings. The zero-order valence-electron chi connectivity index (χ0n) is 22.1. The number of halogens is 1. The molecule has 1 unspecified atom stereocenters. The van der Waals surface area contributed by atoms with E-state index in [1.807, 2.05) is 36.4 Å². The Morgan fingerprint density at radius 1 is 1.13 bits per heavy atom. The molecule has 0 bridgehead atoms. The summed E-state index contributed by atoms with van der Waals surface area (Å²) in [6.07, 6.45) is 3.46. The molecule has 204 valence electrons. The molecule has 1 N–H and O–H groups in total. The average molecular weight is 541 g/mol. The molecule has 2 heterocycles. The maximum absolute atomic E-state index is 15.6. The number of fused-ring (bicyclic) bond motifs is 1. The molecule has 4 rings (SSSR count). The Hall–Kier alpha value is -2.84. The van der Waals surface area contributed by atoms with Crippen LogP contribution in [0.15, 0.2) is 59.6 Å². The molecule has 1 aliphatic heterocycles. The molecule has 0 aliphatic carbocycles. The van der Waals surface area contributed by atoms with E-state index in [1.165, 1.54) is 4.90 Å². The SMILES string of the molecule is COc1cccc(SCCN2CC[C@@H](CCC(F)c3ccnc4ccc(OC)cc34)[C@@H](CCC(=O)O)C2)c1. The second-order valence-electron chi connectivity index (χ2n) is 9.90. The van der Waals surface area contributed by atoms with Gasteiger partial charge in [-0.2, -0.15) is 0 Å². The molecule has 1 aromatic heterocycles. The third kappa shape index (κ3) is 7.60. The van der Waals surface area contributed by atoms with Crippen LogP contribution in [-0.2, 0) is 4.79 Å². The molecule has 3 aromatic rings. The lowest BCUT2D eigenvalue weighted by Gasteiger charge is -2.39. The van der Waals surface area contributed by atoms with Crippen LogP contribution in [-0.4, -0.2) is 60.6 Å². The van der Waals surface area contributed by atoms with Gasteiger partial charge >= 0.3 is 5.97 Å². The highest BCUT2D eigenvalue weighted by Gasteiger charge is 2.30. The number of ether oxygens (including phenoxy) is 2. The smallest absolute Gasteiger partial charge is 0.303 e. The van der Waals surface area contributed by atoms with Gasteiger partial charge in [-0.05, 0) is 92.1 Å². The van der Waals surface area contributed by atoms with Crippen LogP contribution >= 0.6 is 11.8 Å². The van der Waals surface area contributed by atoms with E-state index in [-0.39, 0.29) is 12.3 Å². The fourth-order valence-corrected chi connectivity index (χ4v) is 6.38. The Bertz CT molecular complexity index is 1210. The molecule has 0 spiro atoms. The number of benzene rings is 2. The van der Waals surface area contributed by atoms with Crippen LogP contribution in [0.5, 0.6) is 11.5 Å². The third-order valence-electron chi connectivity index (χ3n) is 7.53. The van der Waals surface area contributed by atoms with Crippen LogP contribution in [0.3, 0.4) is 0 Å². The second-order valence-corrected chi connectivity index (χ2v) is 11.1. The van der Waals surface area contributed by atoms with Crippen molar-refractivity contribution in [1.29, 1.82) is 0 Å². The van der Waals surface area contributed by atoms with Gasteiger partial charge in [-0.15, -0.1) is 11.8 Å². The van der Waals surface area contributed by atoms with Crippen LogP contribution in [0, 0.1) is 11.8 Å². The van der Waals surface area contributed by atoms with Crippen molar-refractivity contribution in [1.82, 2.24) is 9.88 Å². The standard InChI is InChI=1S/C30H37FN2O4S/c1-36-23-4-3-5-25(18-23)38-17-16-33-15-13-21(22(20-33)7-11-30(34)35)6-9-28(31)26-12-14-32-29-10-8-24(37-2)19-27(26)29/h3-5,8,10,12,14,18-19,21-22,28H,6-7,9,11,13,15-17,20H2,1-2H3,(H,34,35)/t21-,22+,28?/m1/s1. The van der Waals surface area contributed by atoms with Gasteiger partial charge in [0.2, 0.25) is 0 Å². The third-order valence-corrected chi connectivity index (χ3v) is 8.51. The minimum atomic E-state index is -1.11. The first-order valence-electron chi connectivity index (χ1n) is 13.2. The highest BCUT2D eigenvalue weighted by atomic mass is 32.2. The predicted octanol–water partition coefficient (Wildman–Crippen LogP) is 6.64. The lowest BCUT2D eigenvalue weighted by molar-refractivity contribution is -0.137.